The zero-order valence-corrected chi connectivity index (χ0v) is 12.6. The molecule has 0 aromatic heterocycles. The third kappa shape index (κ3) is 5.87. The van der Waals surface area contributed by atoms with Gasteiger partial charge in [0.05, 0.1) is 0 Å². The van der Waals surface area contributed by atoms with Crippen LogP contribution in [-0.2, 0) is 4.79 Å². The molecule has 120 valence electrons. The van der Waals surface area contributed by atoms with Gasteiger partial charge in [-0.3, -0.25) is 15.6 Å². The molecule has 23 heavy (non-hydrogen) atoms. The van der Waals surface area contributed by atoms with Gasteiger partial charge in [-0.2, -0.15) is 0 Å². The van der Waals surface area contributed by atoms with Gasteiger partial charge in [-0.15, -0.1) is 0 Å². The predicted octanol–water partition coefficient (Wildman–Crippen LogP) is 2.36. The Morgan fingerprint density at radius 1 is 1.04 bits per heavy atom. The molecule has 1 amide bonds. The minimum atomic E-state index is -0.502. The van der Waals surface area contributed by atoms with E-state index >= 15 is 0 Å². The minimum absolute atomic E-state index is 0.121. The number of nitrogens with one attached hydrogen (secondary N) is 3. The SMILES string of the molecule is O=C(COc1cccc(F)c1)NNC(=S)Nc1ccc(F)cc1. The Morgan fingerprint density at radius 2 is 1.78 bits per heavy atom. The number of carbonyl (C=O) groups is 1. The number of amides is 1. The molecule has 0 aliphatic heterocycles. The van der Waals surface area contributed by atoms with Crippen molar-refractivity contribution in [3.8, 4) is 5.75 Å². The Bertz CT molecular complexity index is 695. The van der Waals surface area contributed by atoms with E-state index in [1.165, 1.54) is 48.5 Å². The lowest BCUT2D eigenvalue weighted by Gasteiger charge is -2.12. The summed E-state index contributed by atoms with van der Waals surface area (Å²) in [4.78, 5) is 11.6. The molecular weight excluding hydrogens is 324 g/mol. The molecule has 0 saturated heterocycles. The lowest BCUT2D eigenvalue weighted by Crippen LogP contribution is -2.45. The zero-order valence-electron chi connectivity index (χ0n) is 11.8. The van der Waals surface area contributed by atoms with Gasteiger partial charge in [0.2, 0.25) is 0 Å². The molecule has 0 heterocycles. The number of benzene rings is 2. The maximum absolute atomic E-state index is 12.9. The summed E-state index contributed by atoms with van der Waals surface area (Å²) in [6.07, 6.45) is 0. The first-order chi connectivity index (χ1) is 11.0. The number of rotatable bonds is 4. The number of thiocarbonyl (C=S) groups is 1. The Balaban J connectivity index is 1.71. The molecule has 2 aromatic rings. The van der Waals surface area contributed by atoms with E-state index in [4.69, 9.17) is 17.0 Å². The molecule has 2 rings (SSSR count). The first-order valence-corrected chi connectivity index (χ1v) is 6.93. The molecule has 8 heteroatoms. The zero-order chi connectivity index (χ0) is 16.7. The number of hydrogen-bond acceptors (Lipinski definition) is 3. The highest BCUT2D eigenvalue weighted by atomic mass is 32.1. The van der Waals surface area contributed by atoms with Crippen molar-refractivity contribution in [2.24, 2.45) is 0 Å². The van der Waals surface area contributed by atoms with Crippen LogP contribution < -0.4 is 20.9 Å². The number of hydrazine groups is 1. The van der Waals surface area contributed by atoms with Crippen LogP contribution in [0.25, 0.3) is 0 Å². The Labute approximate surface area is 136 Å². The summed E-state index contributed by atoms with van der Waals surface area (Å²) >= 11 is 4.96. The maximum Gasteiger partial charge on any atom is 0.276 e. The van der Waals surface area contributed by atoms with Gasteiger partial charge in [0.25, 0.3) is 5.91 Å². The average molecular weight is 337 g/mol. The summed E-state index contributed by atoms with van der Waals surface area (Å²) in [5.41, 5.74) is 5.34. The van der Waals surface area contributed by atoms with E-state index in [1.54, 1.807) is 0 Å². The number of halogens is 2. The maximum atomic E-state index is 12.9. The Morgan fingerprint density at radius 3 is 2.48 bits per heavy atom. The molecular formula is C15H13F2N3O2S. The van der Waals surface area contributed by atoms with Crippen LogP contribution in [0.2, 0.25) is 0 Å². The molecule has 0 spiro atoms. The second kappa shape index (κ2) is 8.04. The highest BCUT2D eigenvalue weighted by Crippen LogP contribution is 2.11. The molecule has 0 unspecified atom stereocenters. The highest BCUT2D eigenvalue weighted by molar-refractivity contribution is 7.80. The molecule has 0 radical (unpaired) electrons. The summed E-state index contributed by atoms with van der Waals surface area (Å²) < 4.78 is 30.8. The van der Waals surface area contributed by atoms with E-state index in [0.717, 1.165) is 0 Å². The van der Waals surface area contributed by atoms with Crippen molar-refractivity contribution >= 4 is 28.9 Å². The van der Waals surface area contributed by atoms with Crippen molar-refractivity contribution in [2.75, 3.05) is 11.9 Å². The van der Waals surface area contributed by atoms with Gasteiger partial charge >= 0.3 is 0 Å². The van der Waals surface area contributed by atoms with Crippen molar-refractivity contribution in [1.29, 1.82) is 0 Å². The van der Waals surface area contributed by atoms with Crippen LogP contribution in [0.1, 0.15) is 0 Å². The number of ether oxygens (including phenoxy) is 1. The first kappa shape index (κ1) is 16.6. The topological polar surface area (TPSA) is 62.4 Å². The summed E-state index contributed by atoms with van der Waals surface area (Å²) in [5, 5.41) is 2.88. The normalized spacial score (nSPS) is 9.83. The van der Waals surface area contributed by atoms with Crippen molar-refractivity contribution < 1.29 is 18.3 Å². The second-order valence-electron chi connectivity index (χ2n) is 4.38. The quantitative estimate of drug-likeness (QED) is 0.591. The van der Waals surface area contributed by atoms with Crippen molar-refractivity contribution in [3.63, 3.8) is 0 Å². The van der Waals surface area contributed by atoms with Crippen LogP contribution in [0.3, 0.4) is 0 Å². The Hall–Kier alpha value is -2.74. The molecule has 0 bridgehead atoms. The summed E-state index contributed by atoms with van der Waals surface area (Å²) in [6, 6.07) is 11.0. The fraction of sp³-hybridized carbons (Fsp3) is 0.0667. The van der Waals surface area contributed by atoms with E-state index in [9.17, 15) is 13.6 Å². The standard InChI is InChI=1S/C15H13F2N3O2S/c16-10-4-6-12(7-5-10)18-15(23)20-19-14(21)9-22-13-3-1-2-11(17)8-13/h1-8H,9H2,(H,19,21)(H2,18,20,23). The first-order valence-electron chi connectivity index (χ1n) is 6.53. The third-order valence-corrected chi connectivity index (χ3v) is 2.79. The summed E-state index contributed by atoms with van der Waals surface area (Å²) in [7, 11) is 0. The number of anilines is 1. The fourth-order valence-electron chi connectivity index (χ4n) is 1.56. The van der Waals surface area contributed by atoms with Crippen molar-refractivity contribution in [1.82, 2.24) is 10.9 Å². The van der Waals surface area contributed by atoms with Crippen LogP contribution in [0.15, 0.2) is 48.5 Å². The van der Waals surface area contributed by atoms with Crippen molar-refractivity contribution in [3.05, 3.63) is 60.2 Å². The third-order valence-electron chi connectivity index (χ3n) is 2.58. The molecule has 3 N–H and O–H groups in total. The lowest BCUT2D eigenvalue weighted by molar-refractivity contribution is -0.123. The van der Waals surface area contributed by atoms with Gasteiger partial charge in [-0.05, 0) is 48.6 Å². The fourth-order valence-corrected chi connectivity index (χ4v) is 1.73. The lowest BCUT2D eigenvalue weighted by atomic mass is 10.3. The van der Waals surface area contributed by atoms with Gasteiger partial charge in [-0.25, -0.2) is 8.78 Å². The van der Waals surface area contributed by atoms with E-state index in [2.05, 4.69) is 16.2 Å². The van der Waals surface area contributed by atoms with Gasteiger partial charge in [0, 0.05) is 11.8 Å². The van der Waals surface area contributed by atoms with E-state index in [1.807, 2.05) is 0 Å². The highest BCUT2D eigenvalue weighted by Gasteiger charge is 2.04. The average Bonchev–Trinajstić information content (AvgIpc) is 2.53. The molecule has 5 nitrogen and oxygen atoms in total. The molecule has 2 aromatic carbocycles. The van der Waals surface area contributed by atoms with Crippen molar-refractivity contribution in [2.45, 2.75) is 0 Å². The minimum Gasteiger partial charge on any atom is -0.484 e. The van der Waals surface area contributed by atoms with Crippen LogP contribution in [0.5, 0.6) is 5.75 Å². The number of hydrogen-bond donors (Lipinski definition) is 3. The smallest absolute Gasteiger partial charge is 0.276 e. The summed E-state index contributed by atoms with van der Waals surface area (Å²) in [5.74, 6) is -1.08. The molecule has 0 fully saturated rings. The predicted molar refractivity (Wildman–Crippen MR) is 85.8 cm³/mol. The van der Waals surface area contributed by atoms with E-state index in [-0.39, 0.29) is 23.3 Å². The van der Waals surface area contributed by atoms with Gasteiger partial charge < -0.3 is 10.1 Å². The van der Waals surface area contributed by atoms with Crippen LogP contribution in [0, 0.1) is 11.6 Å². The monoisotopic (exact) mass is 337 g/mol. The molecule has 0 atom stereocenters. The molecule has 0 saturated carbocycles. The Kier molecular flexibility index (Phi) is 5.81. The van der Waals surface area contributed by atoms with Gasteiger partial charge in [0.1, 0.15) is 17.4 Å². The molecule has 0 aliphatic rings. The largest absolute Gasteiger partial charge is 0.484 e. The molecule has 0 aliphatic carbocycles. The second-order valence-corrected chi connectivity index (χ2v) is 4.79. The summed E-state index contributed by atoms with van der Waals surface area (Å²) in [6.45, 7) is -0.310. The van der Waals surface area contributed by atoms with Crippen LogP contribution in [-0.4, -0.2) is 17.6 Å². The van der Waals surface area contributed by atoms with E-state index < -0.39 is 11.7 Å². The van der Waals surface area contributed by atoms with Crippen LogP contribution >= 0.6 is 12.2 Å². The number of carbonyl (C=O) groups excluding carboxylic acids is 1. The van der Waals surface area contributed by atoms with E-state index in [0.29, 0.717) is 5.69 Å². The van der Waals surface area contributed by atoms with Crippen LogP contribution in [0.4, 0.5) is 14.5 Å². The van der Waals surface area contributed by atoms with Gasteiger partial charge in [0.15, 0.2) is 11.7 Å². The van der Waals surface area contributed by atoms with Gasteiger partial charge in [-0.1, -0.05) is 6.07 Å².